The first kappa shape index (κ1) is 17.3. The lowest BCUT2D eigenvalue weighted by molar-refractivity contribution is -0.137. The van der Waals surface area contributed by atoms with Crippen molar-refractivity contribution in [1.29, 1.82) is 0 Å². The average molecular weight is 375 g/mol. The topological polar surface area (TPSA) is 58.2 Å². The Morgan fingerprint density at radius 1 is 1.30 bits per heavy atom. The van der Waals surface area contributed by atoms with Crippen LogP contribution in [0.1, 0.15) is 12.5 Å². The van der Waals surface area contributed by atoms with Crippen molar-refractivity contribution in [3.05, 3.63) is 28.2 Å². The Labute approximate surface area is 123 Å². The van der Waals surface area contributed by atoms with E-state index in [4.69, 9.17) is 0 Å². The van der Waals surface area contributed by atoms with Crippen molar-refractivity contribution in [2.45, 2.75) is 13.1 Å². The Bertz CT molecular complexity index is 561. The van der Waals surface area contributed by atoms with Gasteiger partial charge >= 0.3 is 6.18 Å². The predicted octanol–water partition coefficient (Wildman–Crippen LogP) is 2.82. The number of benzene rings is 1. The molecule has 0 aliphatic rings. The first-order chi connectivity index (χ1) is 9.15. The molecule has 0 heterocycles. The minimum atomic E-state index is -4.51. The van der Waals surface area contributed by atoms with Crippen molar-refractivity contribution in [1.82, 2.24) is 4.72 Å². The maximum Gasteiger partial charge on any atom is 0.418 e. The van der Waals surface area contributed by atoms with Crippen molar-refractivity contribution in [3.8, 4) is 0 Å². The molecule has 0 unspecified atom stereocenters. The summed E-state index contributed by atoms with van der Waals surface area (Å²) in [5.74, 6) is -0.297. The van der Waals surface area contributed by atoms with Crippen LogP contribution in [0.2, 0.25) is 0 Å². The molecule has 1 aromatic rings. The van der Waals surface area contributed by atoms with Crippen molar-refractivity contribution in [2.24, 2.45) is 0 Å². The first-order valence-corrected chi connectivity index (χ1v) is 8.18. The van der Waals surface area contributed by atoms with Gasteiger partial charge in [-0.25, -0.2) is 13.1 Å². The zero-order valence-electron chi connectivity index (χ0n) is 10.6. The number of rotatable bonds is 6. The van der Waals surface area contributed by atoms with Crippen LogP contribution < -0.4 is 10.0 Å². The van der Waals surface area contributed by atoms with Crippen molar-refractivity contribution < 1.29 is 21.6 Å². The molecule has 0 saturated carbocycles. The SMILES string of the molecule is CCNS(=O)(=O)CCNc1ccc(Br)cc1C(F)(F)F. The van der Waals surface area contributed by atoms with Gasteiger partial charge in [0.05, 0.1) is 11.3 Å². The van der Waals surface area contributed by atoms with E-state index in [1.165, 1.54) is 12.1 Å². The number of anilines is 1. The zero-order valence-corrected chi connectivity index (χ0v) is 13.0. The van der Waals surface area contributed by atoms with Crippen LogP contribution in [0.3, 0.4) is 0 Å². The number of halogens is 4. The van der Waals surface area contributed by atoms with E-state index in [1.54, 1.807) is 6.92 Å². The Hall–Kier alpha value is -0.800. The molecule has 1 rings (SSSR count). The summed E-state index contributed by atoms with van der Waals surface area (Å²) in [6, 6.07) is 3.66. The van der Waals surface area contributed by atoms with Gasteiger partial charge in [0, 0.05) is 23.2 Å². The molecule has 0 aromatic heterocycles. The Balaban J connectivity index is 2.79. The van der Waals surface area contributed by atoms with Crippen molar-refractivity contribution >= 4 is 31.6 Å². The van der Waals surface area contributed by atoms with Crippen LogP contribution in [0.4, 0.5) is 18.9 Å². The van der Waals surface area contributed by atoms with Gasteiger partial charge in [-0.3, -0.25) is 0 Å². The number of nitrogens with one attached hydrogen (secondary N) is 2. The van der Waals surface area contributed by atoms with Crippen LogP contribution in [0, 0.1) is 0 Å². The Morgan fingerprint density at radius 3 is 2.50 bits per heavy atom. The van der Waals surface area contributed by atoms with Gasteiger partial charge in [-0.1, -0.05) is 22.9 Å². The lowest BCUT2D eigenvalue weighted by Gasteiger charge is -2.15. The molecule has 0 fully saturated rings. The maximum atomic E-state index is 12.8. The van der Waals surface area contributed by atoms with E-state index in [2.05, 4.69) is 26.0 Å². The summed E-state index contributed by atoms with van der Waals surface area (Å²) in [4.78, 5) is 0. The van der Waals surface area contributed by atoms with Crippen LogP contribution in [-0.4, -0.2) is 27.3 Å². The van der Waals surface area contributed by atoms with E-state index < -0.39 is 21.8 Å². The van der Waals surface area contributed by atoms with E-state index >= 15 is 0 Å². The summed E-state index contributed by atoms with van der Waals surface area (Å²) in [6.07, 6.45) is -4.51. The van der Waals surface area contributed by atoms with Gasteiger partial charge in [-0.15, -0.1) is 0 Å². The smallest absolute Gasteiger partial charge is 0.383 e. The highest BCUT2D eigenvalue weighted by Crippen LogP contribution is 2.36. The average Bonchev–Trinajstić information content (AvgIpc) is 2.29. The van der Waals surface area contributed by atoms with E-state index in [-0.39, 0.29) is 24.5 Å². The van der Waals surface area contributed by atoms with Crippen LogP contribution in [0.25, 0.3) is 0 Å². The first-order valence-electron chi connectivity index (χ1n) is 5.73. The van der Waals surface area contributed by atoms with Crippen molar-refractivity contribution in [2.75, 3.05) is 24.2 Å². The molecule has 0 aliphatic carbocycles. The van der Waals surface area contributed by atoms with E-state index in [0.717, 1.165) is 6.07 Å². The van der Waals surface area contributed by atoms with E-state index in [1.807, 2.05) is 0 Å². The maximum absolute atomic E-state index is 12.8. The highest BCUT2D eigenvalue weighted by atomic mass is 79.9. The van der Waals surface area contributed by atoms with Gasteiger partial charge in [0.2, 0.25) is 10.0 Å². The van der Waals surface area contributed by atoms with Crippen LogP contribution >= 0.6 is 15.9 Å². The number of hydrogen-bond acceptors (Lipinski definition) is 3. The minimum absolute atomic E-state index is 0.111. The molecule has 1 aromatic carbocycles. The Kier molecular flexibility index (Phi) is 5.84. The van der Waals surface area contributed by atoms with Gasteiger partial charge in [-0.05, 0) is 18.2 Å². The molecule has 4 nitrogen and oxygen atoms in total. The molecule has 20 heavy (non-hydrogen) atoms. The lowest BCUT2D eigenvalue weighted by Crippen LogP contribution is -2.29. The standard InChI is InChI=1S/C11H14BrF3N2O2S/c1-2-17-20(18,19)6-5-16-10-4-3-8(12)7-9(10)11(13,14)15/h3-4,7,16-17H,2,5-6H2,1H3. The third-order valence-corrected chi connectivity index (χ3v) is 4.30. The molecule has 0 aliphatic heterocycles. The second-order valence-electron chi connectivity index (χ2n) is 3.93. The zero-order chi connectivity index (χ0) is 15.4. The molecule has 2 N–H and O–H groups in total. The highest BCUT2D eigenvalue weighted by molar-refractivity contribution is 9.10. The fraction of sp³-hybridized carbons (Fsp3) is 0.455. The number of alkyl halides is 3. The van der Waals surface area contributed by atoms with Crippen LogP contribution in [0.5, 0.6) is 0 Å². The van der Waals surface area contributed by atoms with Gasteiger partial charge in [-0.2, -0.15) is 13.2 Å². The third-order valence-electron chi connectivity index (χ3n) is 2.34. The fourth-order valence-electron chi connectivity index (χ4n) is 1.52. The summed E-state index contributed by atoms with van der Waals surface area (Å²) in [7, 11) is -3.46. The summed E-state index contributed by atoms with van der Waals surface area (Å²) in [5, 5.41) is 2.50. The molecule has 114 valence electrons. The fourth-order valence-corrected chi connectivity index (χ4v) is 2.83. The van der Waals surface area contributed by atoms with Gasteiger partial charge < -0.3 is 5.32 Å². The summed E-state index contributed by atoms with van der Waals surface area (Å²) >= 11 is 2.98. The molecule has 0 bridgehead atoms. The second kappa shape index (κ2) is 6.77. The third kappa shape index (κ3) is 5.29. The minimum Gasteiger partial charge on any atom is -0.383 e. The lowest BCUT2D eigenvalue weighted by atomic mass is 10.1. The molecular weight excluding hydrogens is 361 g/mol. The monoisotopic (exact) mass is 374 g/mol. The molecule has 0 saturated heterocycles. The molecule has 0 amide bonds. The summed E-state index contributed by atoms with van der Waals surface area (Å²) in [5.41, 5.74) is -0.986. The molecule has 9 heteroatoms. The normalized spacial score (nSPS) is 12.4. The van der Waals surface area contributed by atoms with E-state index in [0.29, 0.717) is 4.47 Å². The van der Waals surface area contributed by atoms with Gasteiger partial charge in [0.25, 0.3) is 0 Å². The van der Waals surface area contributed by atoms with E-state index in [9.17, 15) is 21.6 Å². The quantitative estimate of drug-likeness (QED) is 0.804. The highest BCUT2D eigenvalue weighted by Gasteiger charge is 2.33. The van der Waals surface area contributed by atoms with Gasteiger partial charge in [0.15, 0.2) is 0 Å². The van der Waals surface area contributed by atoms with Crippen LogP contribution in [0.15, 0.2) is 22.7 Å². The van der Waals surface area contributed by atoms with Crippen LogP contribution in [-0.2, 0) is 16.2 Å². The number of sulfonamides is 1. The predicted molar refractivity (Wildman–Crippen MR) is 75.1 cm³/mol. The number of hydrogen-bond donors (Lipinski definition) is 2. The largest absolute Gasteiger partial charge is 0.418 e. The second-order valence-corrected chi connectivity index (χ2v) is 6.77. The van der Waals surface area contributed by atoms with Gasteiger partial charge in [0.1, 0.15) is 0 Å². The van der Waals surface area contributed by atoms with Crippen molar-refractivity contribution in [3.63, 3.8) is 0 Å². The summed E-state index contributed by atoms with van der Waals surface area (Å²) < 4.78 is 63.8. The molecule has 0 spiro atoms. The Morgan fingerprint density at radius 2 is 1.95 bits per heavy atom. The summed E-state index contributed by atoms with van der Waals surface area (Å²) in [6.45, 7) is 1.76. The molecule has 0 radical (unpaired) electrons. The molecule has 0 atom stereocenters. The molecular formula is C11H14BrF3N2O2S.